The van der Waals surface area contributed by atoms with Crippen molar-refractivity contribution in [2.45, 2.75) is 32.8 Å². The molecule has 1 aromatic rings. The Bertz CT molecular complexity index is 709. The Morgan fingerprint density at radius 2 is 1.80 bits per heavy atom. The molecule has 0 saturated carbocycles. The van der Waals surface area contributed by atoms with Crippen LogP contribution in [0.1, 0.15) is 31.1 Å². The minimum Gasteiger partial charge on any atom is -0.477 e. The highest BCUT2D eigenvalue weighted by Gasteiger charge is 2.51. The predicted molar refractivity (Wildman–Crippen MR) is 103 cm³/mol. The molecule has 0 radical (unpaired) electrons. The molecule has 1 amide bonds. The summed E-state index contributed by atoms with van der Waals surface area (Å²) in [5, 5.41) is 11.2. The van der Waals surface area contributed by atoms with Gasteiger partial charge in [0.1, 0.15) is 0 Å². The number of carbonyl (C=O) groups excluding carboxylic acids is 2. The number of carbonyl (C=O) groups is 3. The quantitative estimate of drug-likeness (QED) is 0.395. The Hall–Kier alpha value is -1.05. The Morgan fingerprint density at radius 3 is 2.24 bits per heavy atom. The molecule has 0 aliphatic rings. The van der Waals surface area contributed by atoms with Crippen molar-refractivity contribution in [1.29, 1.82) is 0 Å². The van der Waals surface area contributed by atoms with Crippen LogP contribution in [0.15, 0.2) is 12.1 Å². The van der Waals surface area contributed by atoms with E-state index in [4.69, 9.17) is 9.84 Å². The number of esters is 1. The summed E-state index contributed by atoms with van der Waals surface area (Å²) < 4.78 is 33.7. The summed E-state index contributed by atoms with van der Waals surface area (Å²) in [4.78, 5) is 34.6. The van der Waals surface area contributed by atoms with Crippen LogP contribution in [0.5, 0.6) is 0 Å². The number of nitrogens with one attached hydrogen (secondary N) is 1. The molecule has 138 valence electrons. The van der Waals surface area contributed by atoms with Gasteiger partial charge in [0, 0.05) is 14.1 Å². The number of amides is 1. The van der Waals surface area contributed by atoms with Gasteiger partial charge in [0.05, 0.1) is 11.3 Å². The summed E-state index contributed by atoms with van der Waals surface area (Å²) in [5.74, 6) is -9.16. The van der Waals surface area contributed by atoms with Gasteiger partial charge in [-0.2, -0.15) is 8.78 Å². The minimum atomic E-state index is -4.24. The standard InChI is InChI=1S/C15H15F2I2NO5/c1-6(2)12(15(16,17)14(23)24)25-13(22)9-4-8(18)5-10(19)11(9)20-7(3)21/h4-6,12H,1-3H3,(H,20,21)(H,23,24). The van der Waals surface area contributed by atoms with Crippen LogP contribution in [0.4, 0.5) is 14.5 Å². The average Bonchev–Trinajstić information content (AvgIpc) is 2.45. The maximum atomic E-state index is 13.9. The molecular formula is C15H15F2I2NO5. The maximum Gasteiger partial charge on any atom is 0.378 e. The molecule has 1 unspecified atom stereocenters. The molecule has 2 N–H and O–H groups in total. The second-order valence-electron chi connectivity index (χ2n) is 5.49. The number of benzene rings is 1. The van der Waals surface area contributed by atoms with Gasteiger partial charge in [-0.05, 0) is 63.2 Å². The van der Waals surface area contributed by atoms with E-state index >= 15 is 0 Å². The minimum absolute atomic E-state index is 0.125. The first-order valence-electron chi connectivity index (χ1n) is 6.96. The average molecular weight is 581 g/mol. The van der Waals surface area contributed by atoms with Crippen LogP contribution in [0.25, 0.3) is 0 Å². The third kappa shape index (κ3) is 5.46. The maximum absolute atomic E-state index is 13.9. The Labute approximate surface area is 170 Å². The molecule has 25 heavy (non-hydrogen) atoms. The van der Waals surface area contributed by atoms with Gasteiger partial charge in [0.25, 0.3) is 0 Å². The highest BCUT2D eigenvalue weighted by molar-refractivity contribution is 14.1. The molecule has 0 aliphatic carbocycles. The Balaban J connectivity index is 3.30. The highest BCUT2D eigenvalue weighted by Crippen LogP contribution is 2.31. The summed E-state index contributed by atoms with van der Waals surface area (Å²) in [7, 11) is 0. The van der Waals surface area contributed by atoms with E-state index in [1.807, 2.05) is 45.2 Å². The summed E-state index contributed by atoms with van der Waals surface area (Å²) in [5.41, 5.74) is -0.00185. The number of halogens is 4. The third-order valence-corrected chi connectivity index (χ3v) is 4.53. The van der Waals surface area contributed by atoms with Gasteiger partial charge >= 0.3 is 17.9 Å². The molecule has 0 heterocycles. The van der Waals surface area contributed by atoms with Gasteiger partial charge in [0.15, 0.2) is 6.10 Å². The zero-order chi connectivity index (χ0) is 19.5. The van der Waals surface area contributed by atoms with Gasteiger partial charge in [-0.15, -0.1) is 0 Å². The monoisotopic (exact) mass is 581 g/mol. The van der Waals surface area contributed by atoms with E-state index in [1.54, 1.807) is 6.07 Å². The number of carboxylic acids is 1. The fourth-order valence-corrected chi connectivity index (χ4v) is 3.95. The largest absolute Gasteiger partial charge is 0.477 e. The summed E-state index contributed by atoms with van der Waals surface area (Å²) in [6, 6.07) is 3.04. The van der Waals surface area contributed by atoms with Gasteiger partial charge < -0.3 is 15.2 Å². The van der Waals surface area contributed by atoms with E-state index in [1.165, 1.54) is 26.8 Å². The first-order valence-corrected chi connectivity index (χ1v) is 9.12. The number of carboxylic acid groups (broad SMARTS) is 1. The lowest BCUT2D eigenvalue weighted by Crippen LogP contribution is -2.47. The molecule has 0 aromatic heterocycles. The van der Waals surface area contributed by atoms with Crippen molar-refractivity contribution in [2.24, 2.45) is 5.92 Å². The lowest BCUT2D eigenvalue weighted by molar-refractivity contribution is -0.187. The molecule has 0 aliphatic heterocycles. The van der Waals surface area contributed by atoms with Crippen molar-refractivity contribution in [2.75, 3.05) is 5.32 Å². The lowest BCUT2D eigenvalue weighted by Gasteiger charge is -2.27. The molecule has 0 saturated heterocycles. The number of rotatable bonds is 6. The van der Waals surface area contributed by atoms with Gasteiger partial charge in [0.2, 0.25) is 5.91 Å². The molecule has 1 rings (SSSR count). The molecule has 10 heteroatoms. The van der Waals surface area contributed by atoms with Crippen molar-refractivity contribution in [3.63, 3.8) is 0 Å². The van der Waals surface area contributed by atoms with Crippen molar-refractivity contribution in [1.82, 2.24) is 0 Å². The van der Waals surface area contributed by atoms with E-state index in [0.717, 1.165) is 0 Å². The summed E-state index contributed by atoms with van der Waals surface area (Å²) in [6.07, 6.45) is -2.15. The first kappa shape index (κ1) is 22.0. The third-order valence-electron chi connectivity index (χ3n) is 3.06. The molecular weight excluding hydrogens is 566 g/mol. The number of aliphatic carboxylic acids is 1. The van der Waals surface area contributed by atoms with Crippen LogP contribution in [-0.2, 0) is 14.3 Å². The number of ether oxygens (including phenoxy) is 1. The lowest BCUT2D eigenvalue weighted by atomic mass is 10.0. The van der Waals surface area contributed by atoms with Gasteiger partial charge in [-0.1, -0.05) is 13.8 Å². The fraction of sp³-hybridized carbons (Fsp3) is 0.400. The van der Waals surface area contributed by atoms with Crippen molar-refractivity contribution in [3.05, 3.63) is 24.8 Å². The van der Waals surface area contributed by atoms with Crippen LogP contribution < -0.4 is 5.32 Å². The van der Waals surface area contributed by atoms with E-state index in [0.29, 0.717) is 7.14 Å². The topological polar surface area (TPSA) is 92.7 Å². The van der Waals surface area contributed by atoms with Crippen molar-refractivity contribution < 1.29 is 33.0 Å². The second-order valence-corrected chi connectivity index (χ2v) is 7.90. The van der Waals surface area contributed by atoms with E-state index < -0.39 is 35.8 Å². The van der Waals surface area contributed by atoms with Crippen molar-refractivity contribution >= 4 is 68.7 Å². The van der Waals surface area contributed by atoms with Crippen molar-refractivity contribution in [3.8, 4) is 0 Å². The van der Waals surface area contributed by atoms with Crippen LogP contribution in [0.3, 0.4) is 0 Å². The summed E-state index contributed by atoms with van der Waals surface area (Å²) >= 11 is 3.80. The van der Waals surface area contributed by atoms with E-state index in [-0.39, 0.29) is 11.3 Å². The van der Waals surface area contributed by atoms with Crippen LogP contribution in [0.2, 0.25) is 0 Å². The normalized spacial score (nSPS) is 12.6. The smallest absolute Gasteiger partial charge is 0.378 e. The fourth-order valence-electron chi connectivity index (χ4n) is 1.97. The van der Waals surface area contributed by atoms with Gasteiger partial charge in [-0.3, -0.25) is 4.79 Å². The number of hydrogen-bond acceptors (Lipinski definition) is 4. The molecule has 1 atom stereocenters. The van der Waals surface area contributed by atoms with E-state index in [2.05, 4.69) is 5.32 Å². The van der Waals surface area contributed by atoms with Crippen LogP contribution in [-0.4, -0.2) is 35.0 Å². The predicted octanol–water partition coefficient (Wildman–Crippen LogP) is 3.76. The SMILES string of the molecule is CC(=O)Nc1c(I)cc(I)cc1C(=O)OC(C(C)C)C(F)(F)C(=O)O. The molecule has 0 fully saturated rings. The zero-order valence-electron chi connectivity index (χ0n) is 13.4. The molecule has 0 bridgehead atoms. The zero-order valence-corrected chi connectivity index (χ0v) is 17.7. The first-order chi connectivity index (χ1) is 11.4. The Kier molecular flexibility index (Phi) is 7.53. The number of hydrogen-bond donors (Lipinski definition) is 2. The molecule has 6 nitrogen and oxygen atoms in total. The molecule has 1 aromatic carbocycles. The van der Waals surface area contributed by atoms with E-state index in [9.17, 15) is 23.2 Å². The second kappa shape index (κ2) is 8.56. The molecule has 0 spiro atoms. The highest BCUT2D eigenvalue weighted by atomic mass is 127. The van der Waals surface area contributed by atoms with Crippen LogP contribution in [0, 0.1) is 13.1 Å². The van der Waals surface area contributed by atoms with Gasteiger partial charge in [-0.25, -0.2) is 9.59 Å². The number of alkyl halides is 2. The van der Waals surface area contributed by atoms with Crippen LogP contribution >= 0.6 is 45.2 Å². The number of anilines is 1. The Morgan fingerprint density at radius 1 is 1.24 bits per heavy atom. The summed E-state index contributed by atoms with van der Waals surface area (Å²) in [6.45, 7) is 3.88.